The van der Waals surface area contributed by atoms with E-state index in [0.717, 1.165) is 29.9 Å². The quantitative estimate of drug-likeness (QED) is 0.804. The molecule has 1 amide bonds. The van der Waals surface area contributed by atoms with Gasteiger partial charge in [-0.1, -0.05) is 6.42 Å². The van der Waals surface area contributed by atoms with Crippen molar-refractivity contribution < 1.29 is 18.0 Å². The highest BCUT2D eigenvalue weighted by Crippen LogP contribution is 2.49. The SMILES string of the molecule is C[C@@H](NC(=O)c1cc2n(n1)[C@@H](C(F)(F)F)C[C@@H](C1CC1)N2)[C@H]1C[C@H]2CC[C@H]1C2. The third-order valence-corrected chi connectivity index (χ3v) is 7.44. The highest BCUT2D eigenvalue weighted by atomic mass is 19.4. The first kappa shape index (κ1) is 18.3. The molecule has 1 aromatic rings. The lowest BCUT2D eigenvalue weighted by molar-refractivity contribution is -0.174. The third kappa shape index (κ3) is 3.18. The van der Waals surface area contributed by atoms with E-state index in [1.165, 1.54) is 25.3 Å². The van der Waals surface area contributed by atoms with Crippen LogP contribution < -0.4 is 10.6 Å². The van der Waals surface area contributed by atoms with Gasteiger partial charge in [0.15, 0.2) is 11.7 Å². The van der Waals surface area contributed by atoms with E-state index in [1.54, 1.807) is 0 Å². The fourth-order valence-corrected chi connectivity index (χ4v) is 5.82. The van der Waals surface area contributed by atoms with Crippen molar-refractivity contribution >= 4 is 11.7 Å². The summed E-state index contributed by atoms with van der Waals surface area (Å²) in [4.78, 5) is 12.7. The average molecular weight is 396 g/mol. The van der Waals surface area contributed by atoms with Gasteiger partial charge in [-0.2, -0.15) is 18.3 Å². The van der Waals surface area contributed by atoms with E-state index in [0.29, 0.717) is 23.6 Å². The molecule has 154 valence electrons. The first-order valence-corrected chi connectivity index (χ1v) is 10.5. The molecule has 6 atom stereocenters. The number of carbonyl (C=O) groups is 1. The van der Waals surface area contributed by atoms with Gasteiger partial charge in [-0.25, -0.2) is 4.68 Å². The van der Waals surface area contributed by atoms with Crippen LogP contribution in [0.15, 0.2) is 6.07 Å². The zero-order valence-corrected chi connectivity index (χ0v) is 16.0. The molecule has 4 aliphatic rings. The van der Waals surface area contributed by atoms with Crippen LogP contribution >= 0.6 is 0 Å². The summed E-state index contributed by atoms with van der Waals surface area (Å²) in [5.74, 6) is 2.16. The molecule has 0 spiro atoms. The van der Waals surface area contributed by atoms with Crippen LogP contribution in [0.3, 0.4) is 0 Å². The second-order valence-corrected chi connectivity index (χ2v) is 9.34. The zero-order chi connectivity index (χ0) is 19.6. The molecule has 28 heavy (non-hydrogen) atoms. The molecule has 3 aliphatic carbocycles. The van der Waals surface area contributed by atoms with E-state index >= 15 is 0 Å². The molecule has 2 heterocycles. The van der Waals surface area contributed by atoms with Crippen LogP contribution in [-0.2, 0) is 0 Å². The number of anilines is 1. The third-order valence-electron chi connectivity index (χ3n) is 7.44. The number of carbonyl (C=O) groups excluding carboxylic acids is 1. The maximum atomic E-state index is 13.6. The standard InChI is InChI=1S/C20H27F3N4O/c1-10(14-7-11-2-3-13(14)6-11)24-19(28)16-9-18-25-15(12-4-5-12)8-17(20(21,22)23)27(18)26-16/h9-15,17,25H,2-8H2,1H3,(H,24,28)/t10-,11+,13+,14-,15+,17-/m1/s1. The predicted octanol–water partition coefficient (Wildman–Crippen LogP) is 4.14. The van der Waals surface area contributed by atoms with E-state index < -0.39 is 12.2 Å². The molecule has 0 saturated heterocycles. The van der Waals surface area contributed by atoms with Crippen molar-refractivity contribution in [3.05, 3.63) is 11.8 Å². The Morgan fingerprint density at radius 1 is 1.21 bits per heavy atom. The minimum absolute atomic E-state index is 0.0205. The molecule has 3 fully saturated rings. The van der Waals surface area contributed by atoms with Crippen LogP contribution in [-0.4, -0.2) is 33.9 Å². The maximum absolute atomic E-state index is 13.6. The Morgan fingerprint density at radius 3 is 2.57 bits per heavy atom. The second-order valence-electron chi connectivity index (χ2n) is 9.34. The number of nitrogens with zero attached hydrogens (tertiary/aromatic N) is 2. The molecule has 1 aromatic heterocycles. The molecule has 5 rings (SSSR count). The van der Waals surface area contributed by atoms with Crippen LogP contribution in [0.1, 0.15) is 68.4 Å². The largest absolute Gasteiger partial charge is 0.410 e. The number of fused-ring (bicyclic) bond motifs is 3. The summed E-state index contributed by atoms with van der Waals surface area (Å²) in [6.45, 7) is 2.01. The summed E-state index contributed by atoms with van der Waals surface area (Å²) in [6.07, 6.45) is 2.45. The van der Waals surface area contributed by atoms with E-state index in [2.05, 4.69) is 15.7 Å². The average Bonchev–Trinajstić information content (AvgIpc) is 3.07. The number of rotatable bonds is 4. The topological polar surface area (TPSA) is 59.0 Å². The number of hydrogen-bond acceptors (Lipinski definition) is 3. The lowest BCUT2D eigenvalue weighted by Gasteiger charge is -2.33. The number of halogens is 3. The molecule has 0 unspecified atom stereocenters. The van der Waals surface area contributed by atoms with Gasteiger partial charge < -0.3 is 10.6 Å². The Hall–Kier alpha value is -1.73. The van der Waals surface area contributed by atoms with Gasteiger partial charge in [-0.05, 0) is 69.1 Å². The first-order chi connectivity index (χ1) is 13.3. The molecule has 1 aliphatic heterocycles. The van der Waals surface area contributed by atoms with Crippen LogP contribution in [0.2, 0.25) is 0 Å². The van der Waals surface area contributed by atoms with Gasteiger partial charge in [-0.15, -0.1) is 0 Å². The van der Waals surface area contributed by atoms with Gasteiger partial charge in [-0.3, -0.25) is 4.79 Å². The lowest BCUT2D eigenvalue weighted by Crippen LogP contribution is -2.41. The van der Waals surface area contributed by atoms with Gasteiger partial charge in [0.2, 0.25) is 0 Å². The van der Waals surface area contributed by atoms with Crippen molar-refractivity contribution in [2.75, 3.05) is 5.32 Å². The van der Waals surface area contributed by atoms with Crippen molar-refractivity contribution in [1.82, 2.24) is 15.1 Å². The summed E-state index contributed by atoms with van der Waals surface area (Å²) in [7, 11) is 0. The molecule has 2 N–H and O–H groups in total. The summed E-state index contributed by atoms with van der Waals surface area (Å²) in [6, 6.07) is -0.360. The van der Waals surface area contributed by atoms with Gasteiger partial charge in [0.25, 0.3) is 5.91 Å². The minimum atomic E-state index is -4.37. The Balaban J connectivity index is 1.33. The molecular formula is C20H27F3N4O. The van der Waals surface area contributed by atoms with Crippen LogP contribution in [0.5, 0.6) is 0 Å². The highest BCUT2D eigenvalue weighted by Gasteiger charge is 2.49. The molecule has 3 saturated carbocycles. The first-order valence-electron chi connectivity index (χ1n) is 10.5. The number of aromatic nitrogens is 2. The molecule has 5 nitrogen and oxygen atoms in total. The van der Waals surface area contributed by atoms with Crippen molar-refractivity contribution in [2.45, 2.75) is 76.2 Å². The van der Waals surface area contributed by atoms with Crippen molar-refractivity contribution in [1.29, 1.82) is 0 Å². The molecule has 0 radical (unpaired) electrons. The Labute approximate surface area is 162 Å². The van der Waals surface area contributed by atoms with Crippen LogP contribution in [0.4, 0.5) is 19.0 Å². The van der Waals surface area contributed by atoms with Crippen LogP contribution in [0, 0.1) is 23.7 Å². The summed E-state index contributed by atoms with van der Waals surface area (Å²) >= 11 is 0. The number of nitrogens with one attached hydrogen (secondary N) is 2. The number of alkyl halides is 3. The monoisotopic (exact) mass is 396 g/mol. The van der Waals surface area contributed by atoms with E-state index in [1.807, 2.05) is 6.92 Å². The number of hydrogen-bond donors (Lipinski definition) is 2. The predicted molar refractivity (Wildman–Crippen MR) is 97.9 cm³/mol. The Kier molecular flexibility index (Phi) is 4.18. The van der Waals surface area contributed by atoms with Gasteiger partial charge in [0.05, 0.1) is 0 Å². The van der Waals surface area contributed by atoms with E-state index in [-0.39, 0.29) is 30.1 Å². The maximum Gasteiger partial charge on any atom is 0.410 e. The molecular weight excluding hydrogens is 369 g/mol. The molecule has 2 bridgehead atoms. The normalized spacial score (nSPS) is 35.4. The summed E-state index contributed by atoms with van der Waals surface area (Å²) in [5.41, 5.74) is 0.0724. The van der Waals surface area contributed by atoms with E-state index in [9.17, 15) is 18.0 Å². The number of amides is 1. The molecule has 8 heteroatoms. The highest BCUT2D eigenvalue weighted by molar-refractivity contribution is 5.93. The van der Waals surface area contributed by atoms with E-state index in [4.69, 9.17) is 0 Å². The second kappa shape index (κ2) is 6.39. The van der Waals surface area contributed by atoms with Crippen LogP contribution in [0.25, 0.3) is 0 Å². The van der Waals surface area contributed by atoms with Gasteiger partial charge >= 0.3 is 6.18 Å². The molecule has 0 aromatic carbocycles. The Bertz CT molecular complexity index is 772. The van der Waals surface area contributed by atoms with Gasteiger partial charge in [0.1, 0.15) is 5.82 Å². The fourth-order valence-electron chi connectivity index (χ4n) is 5.82. The van der Waals surface area contributed by atoms with Crippen molar-refractivity contribution in [3.8, 4) is 0 Å². The van der Waals surface area contributed by atoms with Crippen molar-refractivity contribution in [3.63, 3.8) is 0 Å². The van der Waals surface area contributed by atoms with Crippen molar-refractivity contribution in [2.24, 2.45) is 23.7 Å². The minimum Gasteiger partial charge on any atom is -0.367 e. The zero-order valence-electron chi connectivity index (χ0n) is 16.0. The Morgan fingerprint density at radius 2 is 1.96 bits per heavy atom. The smallest absolute Gasteiger partial charge is 0.367 e. The lowest BCUT2D eigenvalue weighted by atomic mass is 9.84. The van der Waals surface area contributed by atoms with Gasteiger partial charge in [0, 0.05) is 18.2 Å². The summed E-state index contributed by atoms with van der Waals surface area (Å²) < 4.78 is 41.8. The fraction of sp³-hybridized carbons (Fsp3) is 0.800. The summed E-state index contributed by atoms with van der Waals surface area (Å²) in [5, 5.41) is 10.3.